The van der Waals surface area contributed by atoms with Crippen LogP contribution in [0.25, 0.3) is 0 Å². The van der Waals surface area contributed by atoms with E-state index < -0.39 is 35.3 Å². The van der Waals surface area contributed by atoms with E-state index in [1.165, 1.54) is 24.1 Å². The molecule has 2 amide bonds. The van der Waals surface area contributed by atoms with Crippen LogP contribution in [0.2, 0.25) is 0 Å². The van der Waals surface area contributed by atoms with E-state index in [2.05, 4.69) is 5.32 Å². The van der Waals surface area contributed by atoms with Crippen molar-refractivity contribution >= 4 is 11.8 Å². The van der Waals surface area contributed by atoms with E-state index in [0.29, 0.717) is 0 Å². The van der Waals surface area contributed by atoms with Crippen molar-refractivity contribution in [1.82, 2.24) is 10.2 Å². The van der Waals surface area contributed by atoms with Gasteiger partial charge in [0.1, 0.15) is 0 Å². The molecule has 162 valence electrons. The molecular formula is C20H18F6N2O2. The number of nitrogens with one attached hydrogen (secondary N) is 1. The van der Waals surface area contributed by atoms with E-state index in [0.717, 1.165) is 36.4 Å². The maximum Gasteiger partial charge on any atom is 0.416 e. The summed E-state index contributed by atoms with van der Waals surface area (Å²) >= 11 is 0. The zero-order chi connectivity index (χ0) is 22.5. The van der Waals surface area contributed by atoms with Gasteiger partial charge in [-0.25, -0.2) is 0 Å². The van der Waals surface area contributed by atoms with E-state index in [4.69, 9.17) is 0 Å². The highest BCUT2D eigenvalue weighted by molar-refractivity contribution is 5.95. The predicted molar refractivity (Wildman–Crippen MR) is 96.8 cm³/mol. The summed E-state index contributed by atoms with van der Waals surface area (Å²) in [6, 6.07) is 7.98. The molecule has 0 atom stereocenters. The predicted octanol–water partition coefficient (Wildman–Crippen LogP) is 4.62. The summed E-state index contributed by atoms with van der Waals surface area (Å²) in [7, 11) is 1.40. The molecule has 0 spiro atoms. The molecule has 0 radical (unpaired) electrons. The van der Waals surface area contributed by atoms with Crippen LogP contribution in [0, 0.1) is 0 Å². The molecule has 10 heteroatoms. The van der Waals surface area contributed by atoms with Gasteiger partial charge in [0.25, 0.3) is 11.8 Å². The minimum Gasteiger partial charge on any atom is -0.352 e. The van der Waals surface area contributed by atoms with Crippen LogP contribution in [0.4, 0.5) is 26.3 Å². The first-order valence-corrected chi connectivity index (χ1v) is 8.78. The van der Waals surface area contributed by atoms with E-state index in [1.54, 1.807) is 0 Å². The van der Waals surface area contributed by atoms with Gasteiger partial charge in [0.2, 0.25) is 0 Å². The van der Waals surface area contributed by atoms with Crippen molar-refractivity contribution in [1.29, 1.82) is 0 Å². The molecule has 2 aromatic carbocycles. The molecule has 2 aromatic rings. The standard InChI is InChI=1S/C20H18F6N2O2/c1-28(18(30)14-6-3-8-16(12-14)20(24,25)26)10-4-9-27-17(29)13-5-2-7-15(11-13)19(21,22)23/h2-3,5-8,11-12H,4,9-10H2,1H3,(H,27,29). The van der Waals surface area contributed by atoms with Gasteiger partial charge in [0.05, 0.1) is 11.1 Å². The lowest BCUT2D eigenvalue weighted by molar-refractivity contribution is -0.138. The van der Waals surface area contributed by atoms with Gasteiger partial charge in [-0.05, 0) is 42.8 Å². The summed E-state index contributed by atoms with van der Waals surface area (Å²) in [5.74, 6) is -1.32. The Morgan fingerprint density at radius 2 is 1.37 bits per heavy atom. The Labute approximate surface area is 168 Å². The van der Waals surface area contributed by atoms with Gasteiger partial charge in [-0.15, -0.1) is 0 Å². The first kappa shape index (κ1) is 23.2. The number of carbonyl (C=O) groups is 2. The van der Waals surface area contributed by atoms with E-state index in [-0.39, 0.29) is 30.6 Å². The number of rotatable bonds is 6. The Balaban J connectivity index is 1.87. The van der Waals surface area contributed by atoms with Gasteiger partial charge >= 0.3 is 12.4 Å². The number of alkyl halides is 6. The highest BCUT2D eigenvalue weighted by Crippen LogP contribution is 2.30. The number of nitrogens with zero attached hydrogens (tertiary/aromatic N) is 1. The quantitative estimate of drug-likeness (QED) is 0.535. The SMILES string of the molecule is CN(CCCNC(=O)c1cccc(C(F)(F)F)c1)C(=O)c1cccc(C(F)(F)F)c1. The summed E-state index contributed by atoms with van der Waals surface area (Å²) in [4.78, 5) is 25.5. The largest absolute Gasteiger partial charge is 0.416 e. The lowest BCUT2D eigenvalue weighted by Gasteiger charge is -2.18. The lowest BCUT2D eigenvalue weighted by Crippen LogP contribution is -2.31. The maximum atomic E-state index is 12.8. The first-order chi connectivity index (χ1) is 13.9. The third-order valence-electron chi connectivity index (χ3n) is 4.19. The van der Waals surface area contributed by atoms with Crippen molar-refractivity contribution in [2.45, 2.75) is 18.8 Å². The van der Waals surface area contributed by atoms with Gasteiger partial charge in [-0.3, -0.25) is 9.59 Å². The second kappa shape index (κ2) is 9.19. The van der Waals surface area contributed by atoms with Crippen molar-refractivity contribution in [3.63, 3.8) is 0 Å². The molecule has 0 heterocycles. The van der Waals surface area contributed by atoms with Gasteiger partial charge in [0, 0.05) is 31.3 Å². The average Bonchev–Trinajstić information content (AvgIpc) is 2.69. The second-order valence-electron chi connectivity index (χ2n) is 6.49. The zero-order valence-corrected chi connectivity index (χ0v) is 15.8. The molecule has 4 nitrogen and oxygen atoms in total. The zero-order valence-electron chi connectivity index (χ0n) is 15.8. The molecule has 1 N–H and O–H groups in total. The maximum absolute atomic E-state index is 12.8. The van der Waals surface area contributed by atoms with E-state index in [9.17, 15) is 35.9 Å². The normalized spacial score (nSPS) is 11.8. The molecule has 2 rings (SSSR count). The number of benzene rings is 2. The lowest BCUT2D eigenvalue weighted by atomic mass is 10.1. The Bertz CT molecular complexity index is 909. The summed E-state index contributed by atoms with van der Waals surface area (Å²) < 4.78 is 76.4. The molecule has 0 bridgehead atoms. The highest BCUT2D eigenvalue weighted by atomic mass is 19.4. The fraction of sp³-hybridized carbons (Fsp3) is 0.300. The molecule has 0 aliphatic heterocycles. The Morgan fingerprint density at radius 1 is 0.867 bits per heavy atom. The second-order valence-corrected chi connectivity index (χ2v) is 6.49. The van der Waals surface area contributed by atoms with Gasteiger partial charge < -0.3 is 10.2 Å². The smallest absolute Gasteiger partial charge is 0.352 e. The van der Waals surface area contributed by atoms with Crippen LogP contribution in [0.5, 0.6) is 0 Å². The Morgan fingerprint density at radius 3 is 1.90 bits per heavy atom. The number of halogens is 6. The van der Waals surface area contributed by atoms with Crippen LogP contribution in [-0.2, 0) is 12.4 Å². The summed E-state index contributed by atoms with van der Waals surface area (Å²) in [5, 5.41) is 2.45. The Kier molecular flexibility index (Phi) is 7.12. The van der Waals surface area contributed by atoms with Crippen LogP contribution in [0.1, 0.15) is 38.3 Å². The van der Waals surface area contributed by atoms with E-state index >= 15 is 0 Å². The van der Waals surface area contributed by atoms with Crippen molar-refractivity contribution in [3.8, 4) is 0 Å². The number of amides is 2. The van der Waals surface area contributed by atoms with Crippen molar-refractivity contribution in [2.75, 3.05) is 20.1 Å². The third-order valence-corrected chi connectivity index (χ3v) is 4.19. The third kappa shape index (κ3) is 6.23. The molecule has 0 aliphatic rings. The van der Waals surface area contributed by atoms with Crippen LogP contribution in [0.3, 0.4) is 0 Å². The minimum absolute atomic E-state index is 0.0648. The minimum atomic E-state index is -4.57. The van der Waals surface area contributed by atoms with Crippen LogP contribution in [-0.4, -0.2) is 36.9 Å². The monoisotopic (exact) mass is 432 g/mol. The molecule has 30 heavy (non-hydrogen) atoms. The summed E-state index contributed by atoms with van der Waals surface area (Å²) in [5.41, 5.74) is -2.16. The van der Waals surface area contributed by atoms with Crippen LogP contribution in [0.15, 0.2) is 48.5 Å². The van der Waals surface area contributed by atoms with Gasteiger partial charge in [-0.1, -0.05) is 12.1 Å². The summed E-state index contributed by atoms with van der Waals surface area (Å²) in [6.45, 7) is 0.188. The highest BCUT2D eigenvalue weighted by Gasteiger charge is 2.31. The fourth-order valence-corrected chi connectivity index (χ4v) is 2.61. The molecule has 0 unspecified atom stereocenters. The molecule has 0 fully saturated rings. The number of hydrogen-bond acceptors (Lipinski definition) is 2. The van der Waals surface area contributed by atoms with Crippen molar-refractivity contribution in [2.24, 2.45) is 0 Å². The van der Waals surface area contributed by atoms with Gasteiger partial charge in [0.15, 0.2) is 0 Å². The molecule has 0 aromatic heterocycles. The molecular weight excluding hydrogens is 414 g/mol. The van der Waals surface area contributed by atoms with E-state index in [1.807, 2.05) is 0 Å². The number of carbonyl (C=O) groups excluding carboxylic acids is 2. The number of hydrogen-bond donors (Lipinski definition) is 1. The van der Waals surface area contributed by atoms with Crippen molar-refractivity contribution < 1.29 is 35.9 Å². The molecule has 0 saturated heterocycles. The van der Waals surface area contributed by atoms with Gasteiger partial charge in [-0.2, -0.15) is 26.3 Å². The summed E-state index contributed by atoms with van der Waals surface area (Å²) in [6.07, 6.45) is -8.88. The van der Waals surface area contributed by atoms with Crippen LogP contribution >= 0.6 is 0 Å². The molecule has 0 aliphatic carbocycles. The Hall–Kier alpha value is -3.04. The topological polar surface area (TPSA) is 49.4 Å². The average molecular weight is 432 g/mol. The van der Waals surface area contributed by atoms with Crippen LogP contribution < -0.4 is 5.32 Å². The fourth-order valence-electron chi connectivity index (χ4n) is 2.61. The molecule has 0 saturated carbocycles. The van der Waals surface area contributed by atoms with Crippen molar-refractivity contribution in [3.05, 3.63) is 70.8 Å². The first-order valence-electron chi connectivity index (χ1n) is 8.78.